The van der Waals surface area contributed by atoms with Gasteiger partial charge in [0.1, 0.15) is 18.1 Å². The molecule has 3 atom stereocenters. The van der Waals surface area contributed by atoms with Gasteiger partial charge in [-0.25, -0.2) is 0 Å². The molecule has 4 amide bonds. The Labute approximate surface area is 111 Å². The number of nitrogens with one attached hydrogen (secondary N) is 3. The van der Waals surface area contributed by atoms with Crippen molar-refractivity contribution in [3.8, 4) is 0 Å². The van der Waals surface area contributed by atoms with Gasteiger partial charge in [-0.15, -0.1) is 0 Å². The fraction of sp³-hybridized carbons (Fsp3) is 0.636. The van der Waals surface area contributed by atoms with Crippen LogP contribution >= 0.6 is 0 Å². The van der Waals surface area contributed by atoms with Gasteiger partial charge in [0.15, 0.2) is 0 Å². The van der Waals surface area contributed by atoms with E-state index in [1.165, 1.54) is 27.7 Å². The highest BCUT2D eigenvalue weighted by atomic mass is 16.2. The number of carbonyl (C=O) groups excluding carboxylic acids is 4. The van der Waals surface area contributed by atoms with Gasteiger partial charge in [0.05, 0.1) is 0 Å². The number of hydrogen-bond donors (Lipinski definition) is 4. The summed E-state index contributed by atoms with van der Waals surface area (Å²) in [6.45, 7) is 5.68. The van der Waals surface area contributed by atoms with E-state index in [2.05, 4.69) is 16.0 Å². The van der Waals surface area contributed by atoms with Crippen molar-refractivity contribution in [3.63, 3.8) is 0 Å². The summed E-state index contributed by atoms with van der Waals surface area (Å²) < 4.78 is 0. The molecular weight excluding hydrogens is 252 g/mol. The van der Waals surface area contributed by atoms with Gasteiger partial charge in [0, 0.05) is 6.92 Å². The summed E-state index contributed by atoms with van der Waals surface area (Å²) in [6.07, 6.45) is 0. The molecule has 0 heterocycles. The lowest BCUT2D eigenvalue weighted by atomic mass is 10.2. The van der Waals surface area contributed by atoms with Gasteiger partial charge in [0.2, 0.25) is 23.6 Å². The zero-order chi connectivity index (χ0) is 15.2. The van der Waals surface area contributed by atoms with Crippen LogP contribution in [0.2, 0.25) is 0 Å². The monoisotopic (exact) mass is 272 g/mol. The van der Waals surface area contributed by atoms with Gasteiger partial charge >= 0.3 is 0 Å². The Balaban J connectivity index is 4.32. The van der Waals surface area contributed by atoms with Crippen molar-refractivity contribution in [2.75, 3.05) is 0 Å². The second-order valence-electron chi connectivity index (χ2n) is 4.29. The summed E-state index contributed by atoms with van der Waals surface area (Å²) in [5.74, 6) is -2.04. The first-order valence-corrected chi connectivity index (χ1v) is 5.82. The Morgan fingerprint density at radius 1 is 0.789 bits per heavy atom. The van der Waals surface area contributed by atoms with Crippen LogP contribution in [0.1, 0.15) is 27.7 Å². The molecule has 0 aromatic carbocycles. The quantitative estimate of drug-likeness (QED) is 0.445. The third kappa shape index (κ3) is 6.39. The molecular formula is C11H20N4O4. The van der Waals surface area contributed by atoms with Crippen molar-refractivity contribution in [2.24, 2.45) is 5.73 Å². The molecule has 0 aliphatic heterocycles. The molecule has 8 nitrogen and oxygen atoms in total. The van der Waals surface area contributed by atoms with Crippen molar-refractivity contribution in [1.29, 1.82) is 0 Å². The smallest absolute Gasteiger partial charge is 0.242 e. The van der Waals surface area contributed by atoms with Crippen LogP contribution in [-0.4, -0.2) is 41.8 Å². The molecule has 0 rings (SSSR count). The second kappa shape index (κ2) is 7.34. The van der Waals surface area contributed by atoms with E-state index < -0.39 is 35.8 Å². The average Bonchev–Trinajstić information content (AvgIpc) is 2.27. The molecule has 0 aliphatic carbocycles. The molecule has 108 valence electrons. The molecule has 19 heavy (non-hydrogen) atoms. The lowest BCUT2D eigenvalue weighted by Gasteiger charge is -2.19. The van der Waals surface area contributed by atoms with Crippen molar-refractivity contribution < 1.29 is 19.2 Å². The molecule has 0 unspecified atom stereocenters. The molecule has 0 aromatic heterocycles. The first-order valence-electron chi connectivity index (χ1n) is 5.82. The van der Waals surface area contributed by atoms with Gasteiger partial charge in [-0.3, -0.25) is 19.2 Å². The molecule has 8 heteroatoms. The van der Waals surface area contributed by atoms with Crippen LogP contribution in [0, 0.1) is 0 Å². The van der Waals surface area contributed by atoms with Crippen molar-refractivity contribution in [1.82, 2.24) is 16.0 Å². The maximum absolute atomic E-state index is 11.6. The number of hydrogen-bond acceptors (Lipinski definition) is 4. The number of rotatable bonds is 6. The van der Waals surface area contributed by atoms with Crippen LogP contribution in [0.15, 0.2) is 0 Å². The van der Waals surface area contributed by atoms with E-state index in [-0.39, 0.29) is 5.91 Å². The Hall–Kier alpha value is -2.12. The Morgan fingerprint density at radius 2 is 1.16 bits per heavy atom. The largest absolute Gasteiger partial charge is 0.368 e. The summed E-state index contributed by atoms with van der Waals surface area (Å²) in [5, 5.41) is 7.15. The van der Waals surface area contributed by atoms with Crippen LogP contribution in [0.4, 0.5) is 0 Å². The maximum atomic E-state index is 11.6. The summed E-state index contributed by atoms with van der Waals surface area (Å²) >= 11 is 0. The van der Waals surface area contributed by atoms with E-state index in [9.17, 15) is 19.2 Å². The predicted molar refractivity (Wildman–Crippen MR) is 67.7 cm³/mol. The van der Waals surface area contributed by atoms with Crippen LogP contribution < -0.4 is 21.7 Å². The highest BCUT2D eigenvalue weighted by Crippen LogP contribution is 1.89. The summed E-state index contributed by atoms with van der Waals surface area (Å²) in [4.78, 5) is 44.8. The number of nitrogens with two attached hydrogens (primary N) is 1. The van der Waals surface area contributed by atoms with E-state index >= 15 is 0 Å². The minimum Gasteiger partial charge on any atom is -0.368 e. The van der Waals surface area contributed by atoms with E-state index in [1.807, 2.05) is 0 Å². The van der Waals surface area contributed by atoms with Crippen LogP contribution in [0.5, 0.6) is 0 Å². The molecule has 0 aliphatic rings. The Kier molecular flexibility index (Phi) is 6.53. The van der Waals surface area contributed by atoms with Crippen LogP contribution in [0.25, 0.3) is 0 Å². The van der Waals surface area contributed by atoms with Gasteiger partial charge in [0.25, 0.3) is 0 Å². The fourth-order valence-electron chi connectivity index (χ4n) is 1.18. The predicted octanol–water partition coefficient (Wildman–Crippen LogP) is -1.99. The number of amides is 4. The molecule has 0 spiro atoms. The van der Waals surface area contributed by atoms with Crippen molar-refractivity contribution in [2.45, 2.75) is 45.8 Å². The van der Waals surface area contributed by atoms with E-state index in [1.54, 1.807) is 0 Å². The lowest BCUT2D eigenvalue weighted by molar-refractivity contribution is -0.132. The minimum atomic E-state index is -0.842. The molecule has 0 aromatic rings. The Morgan fingerprint density at radius 3 is 1.53 bits per heavy atom. The minimum absolute atomic E-state index is 0.345. The normalized spacial score (nSPS) is 14.7. The van der Waals surface area contributed by atoms with Gasteiger partial charge in [-0.1, -0.05) is 0 Å². The lowest BCUT2D eigenvalue weighted by Crippen LogP contribution is -2.54. The van der Waals surface area contributed by atoms with Gasteiger partial charge < -0.3 is 21.7 Å². The number of primary amides is 1. The van der Waals surface area contributed by atoms with Gasteiger partial charge in [-0.2, -0.15) is 0 Å². The van der Waals surface area contributed by atoms with Crippen LogP contribution in [-0.2, 0) is 19.2 Å². The Bertz CT molecular complexity index is 383. The fourth-order valence-corrected chi connectivity index (χ4v) is 1.18. The van der Waals surface area contributed by atoms with Crippen molar-refractivity contribution >= 4 is 23.6 Å². The van der Waals surface area contributed by atoms with E-state index in [4.69, 9.17) is 5.73 Å². The first-order chi connectivity index (χ1) is 8.65. The highest BCUT2D eigenvalue weighted by molar-refractivity contribution is 5.93. The zero-order valence-corrected chi connectivity index (χ0v) is 11.4. The SMILES string of the molecule is CC(=O)N[C@@H](C)C(=O)N[C@H](C)C(=O)N[C@@H](C)C(N)=O. The highest BCUT2D eigenvalue weighted by Gasteiger charge is 2.22. The summed E-state index contributed by atoms with van der Waals surface area (Å²) in [6, 6.07) is -2.41. The van der Waals surface area contributed by atoms with E-state index in [0.717, 1.165) is 0 Å². The molecule has 0 saturated heterocycles. The van der Waals surface area contributed by atoms with Gasteiger partial charge in [-0.05, 0) is 20.8 Å². The average molecular weight is 272 g/mol. The van der Waals surface area contributed by atoms with Crippen LogP contribution in [0.3, 0.4) is 0 Å². The molecule has 0 saturated carbocycles. The van der Waals surface area contributed by atoms with Crippen molar-refractivity contribution in [3.05, 3.63) is 0 Å². The maximum Gasteiger partial charge on any atom is 0.242 e. The summed E-state index contributed by atoms with van der Waals surface area (Å²) in [7, 11) is 0. The second-order valence-corrected chi connectivity index (χ2v) is 4.29. The first kappa shape index (κ1) is 16.9. The molecule has 5 N–H and O–H groups in total. The molecule has 0 radical (unpaired) electrons. The third-order valence-corrected chi connectivity index (χ3v) is 2.35. The topological polar surface area (TPSA) is 130 Å². The standard InChI is InChI=1S/C11H20N4O4/c1-5(9(12)17)14-11(19)7(3)15-10(18)6(2)13-8(4)16/h5-7H,1-4H3,(H2,12,17)(H,13,16)(H,14,19)(H,15,18)/t5-,6-,7+/m0/s1. The number of carbonyl (C=O) groups is 4. The summed E-state index contributed by atoms with van der Waals surface area (Å²) in [5.41, 5.74) is 5.00. The molecule has 0 fully saturated rings. The van der Waals surface area contributed by atoms with E-state index in [0.29, 0.717) is 0 Å². The third-order valence-electron chi connectivity index (χ3n) is 2.35. The zero-order valence-electron chi connectivity index (χ0n) is 11.4. The molecule has 0 bridgehead atoms.